The van der Waals surface area contributed by atoms with Gasteiger partial charge in [0.15, 0.2) is 0 Å². The summed E-state index contributed by atoms with van der Waals surface area (Å²) in [6, 6.07) is 6.64. The number of sulfonamides is 1. The van der Waals surface area contributed by atoms with E-state index in [4.69, 9.17) is 9.47 Å². The third kappa shape index (κ3) is 4.54. The number of benzene rings is 1. The number of halogens is 1. The normalized spacial score (nSPS) is 15.2. The van der Waals surface area contributed by atoms with Gasteiger partial charge in [0.05, 0.1) is 11.5 Å². The highest BCUT2D eigenvalue weighted by atomic mass is 79.9. The van der Waals surface area contributed by atoms with Crippen molar-refractivity contribution < 1.29 is 17.9 Å². The van der Waals surface area contributed by atoms with E-state index in [1.165, 1.54) is 13.2 Å². The van der Waals surface area contributed by atoms with Gasteiger partial charge in [0.2, 0.25) is 10.0 Å². The third-order valence-electron chi connectivity index (χ3n) is 2.70. The van der Waals surface area contributed by atoms with E-state index in [0.717, 1.165) is 0 Å². The van der Waals surface area contributed by atoms with Crippen LogP contribution in [0.5, 0.6) is 0 Å². The maximum absolute atomic E-state index is 12.2. The summed E-state index contributed by atoms with van der Waals surface area (Å²) in [7, 11) is -0.524. The number of nitrogens with one attached hydrogen (secondary N) is 1. The fourth-order valence-corrected chi connectivity index (χ4v) is 3.63. The van der Waals surface area contributed by atoms with Crippen molar-refractivity contribution in [1.29, 1.82) is 0 Å². The molecule has 5 nitrogen and oxygen atoms in total. The topological polar surface area (TPSA) is 64.6 Å². The number of methoxy groups -OCH3 is 2. The molecule has 1 atom stereocenters. The van der Waals surface area contributed by atoms with Crippen LogP contribution in [-0.4, -0.2) is 41.4 Å². The Bertz CT molecular complexity index is 520. The van der Waals surface area contributed by atoms with Crippen LogP contribution in [0.15, 0.2) is 33.6 Å². The summed E-state index contributed by atoms with van der Waals surface area (Å²) in [5.74, 6) is 0. The Labute approximate surface area is 122 Å². The van der Waals surface area contributed by atoms with Gasteiger partial charge in [0.1, 0.15) is 5.60 Å². The van der Waals surface area contributed by atoms with E-state index in [0.29, 0.717) is 11.1 Å². The molecule has 0 radical (unpaired) electrons. The van der Waals surface area contributed by atoms with E-state index in [-0.39, 0.29) is 11.4 Å². The summed E-state index contributed by atoms with van der Waals surface area (Å²) in [6.45, 7) is 2.20. The summed E-state index contributed by atoms with van der Waals surface area (Å²) in [6.07, 6.45) is 0. The number of rotatable bonds is 7. The average molecular weight is 352 g/mol. The monoisotopic (exact) mass is 351 g/mol. The molecule has 0 aliphatic carbocycles. The molecule has 1 rings (SSSR count). The van der Waals surface area contributed by atoms with Gasteiger partial charge in [-0.15, -0.1) is 0 Å². The molecular formula is C12H18BrNO4S. The van der Waals surface area contributed by atoms with Gasteiger partial charge in [-0.3, -0.25) is 0 Å². The highest BCUT2D eigenvalue weighted by molar-refractivity contribution is 9.10. The molecule has 1 N–H and O–H groups in total. The maximum atomic E-state index is 12.2. The van der Waals surface area contributed by atoms with Crippen LogP contribution in [0.3, 0.4) is 0 Å². The zero-order valence-corrected chi connectivity index (χ0v) is 13.5. The van der Waals surface area contributed by atoms with Crippen molar-refractivity contribution in [2.45, 2.75) is 17.4 Å². The van der Waals surface area contributed by atoms with Gasteiger partial charge in [0, 0.05) is 25.2 Å². The first kappa shape index (κ1) is 16.6. The van der Waals surface area contributed by atoms with E-state index in [2.05, 4.69) is 20.7 Å². The Kier molecular flexibility index (Phi) is 5.94. The lowest BCUT2D eigenvalue weighted by molar-refractivity contribution is -0.0460. The van der Waals surface area contributed by atoms with Crippen molar-refractivity contribution in [1.82, 2.24) is 4.72 Å². The van der Waals surface area contributed by atoms with Crippen molar-refractivity contribution >= 4 is 26.0 Å². The van der Waals surface area contributed by atoms with Crippen molar-refractivity contribution in [3.63, 3.8) is 0 Å². The summed E-state index contributed by atoms with van der Waals surface area (Å²) in [4.78, 5) is 0.200. The summed E-state index contributed by atoms with van der Waals surface area (Å²) in [5.41, 5.74) is -0.705. The molecule has 19 heavy (non-hydrogen) atoms. The van der Waals surface area contributed by atoms with Crippen molar-refractivity contribution in [2.24, 2.45) is 0 Å². The molecule has 0 amide bonds. The molecule has 1 aromatic rings. The molecule has 7 heteroatoms. The molecule has 0 bridgehead atoms. The Morgan fingerprint density at radius 2 is 1.95 bits per heavy atom. The first-order valence-electron chi connectivity index (χ1n) is 5.63. The Morgan fingerprint density at radius 3 is 2.47 bits per heavy atom. The van der Waals surface area contributed by atoms with Gasteiger partial charge < -0.3 is 9.47 Å². The van der Waals surface area contributed by atoms with E-state index < -0.39 is 15.6 Å². The van der Waals surface area contributed by atoms with Crippen LogP contribution < -0.4 is 4.72 Å². The Hall–Kier alpha value is -0.470. The molecule has 108 valence electrons. The lowest BCUT2D eigenvalue weighted by Crippen LogP contribution is -2.45. The molecule has 0 fully saturated rings. The fraction of sp³-hybridized carbons (Fsp3) is 0.500. The highest BCUT2D eigenvalue weighted by Crippen LogP contribution is 2.21. The standard InChI is InChI=1S/C12H18BrNO4S/c1-12(18-3,9-17-2)8-14-19(15,16)11-7-5-4-6-10(11)13/h4-7,14H,8-9H2,1-3H3/t12-/m1/s1. The minimum absolute atomic E-state index is 0.126. The molecule has 0 heterocycles. The van der Waals surface area contributed by atoms with Crippen LogP contribution in [0.4, 0.5) is 0 Å². The second-order valence-electron chi connectivity index (χ2n) is 4.34. The smallest absolute Gasteiger partial charge is 0.241 e. The zero-order valence-electron chi connectivity index (χ0n) is 11.1. The zero-order chi connectivity index (χ0) is 14.5. The first-order valence-corrected chi connectivity index (χ1v) is 7.90. The van der Waals surface area contributed by atoms with Crippen LogP contribution in [0, 0.1) is 0 Å². The molecule has 0 aliphatic rings. The van der Waals surface area contributed by atoms with Crippen LogP contribution in [-0.2, 0) is 19.5 Å². The van der Waals surface area contributed by atoms with Crippen LogP contribution in [0.2, 0.25) is 0 Å². The maximum Gasteiger partial charge on any atom is 0.241 e. The largest absolute Gasteiger partial charge is 0.382 e. The third-order valence-corrected chi connectivity index (χ3v) is 5.12. The minimum atomic E-state index is -3.58. The predicted molar refractivity (Wildman–Crippen MR) is 76.6 cm³/mol. The molecule has 0 unspecified atom stereocenters. The van der Waals surface area contributed by atoms with E-state index in [9.17, 15) is 8.42 Å². The number of hydrogen-bond donors (Lipinski definition) is 1. The van der Waals surface area contributed by atoms with E-state index in [1.54, 1.807) is 32.2 Å². The van der Waals surface area contributed by atoms with E-state index in [1.807, 2.05) is 0 Å². The van der Waals surface area contributed by atoms with Gasteiger partial charge in [-0.25, -0.2) is 13.1 Å². The number of ether oxygens (including phenoxy) is 2. The lowest BCUT2D eigenvalue weighted by Gasteiger charge is -2.27. The molecule has 0 aliphatic heterocycles. The van der Waals surface area contributed by atoms with Gasteiger partial charge in [-0.2, -0.15) is 0 Å². The quantitative estimate of drug-likeness (QED) is 0.813. The van der Waals surface area contributed by atoms with Gasteiger partial charge >= 0.3 is 0 Å². The molecule has 0 saturated heterocycles. The van der Waals surface area contributed by atoms with Crippen LogP contribution >= 0.6 is 15.9 Å². The molecular weight excluding hydrogens is 334 g/mol. The Balaban J connectivity index is 2.84. The van der Waals surface area contributed by atoms with Crippen molar-refractivity contribution in [2.75, 3.05) is 27.4 Å². The minimum Gasteiger partial charge on any atom is -0.382 e. The summed E-state index contributed by atoms with van der Waals surface area (Å²) in [5, 5.41) is 0. The molecule has 0 spiro atoms. The SMILES string of the molecule is COC[C@@](C)(CNS(=O)(=O)c1ccccc1Br)OC. The van der Waals surface area contributed by atoms with Gasteiger partial charge in [-0.05, 0) is 35.0 Å². The van der Waals surface area contributed by atoms with Gasteiger partial charge in [-0.1, -0.05) is 12.1 Å². The molecule has 0 aromatic heterocycles. The van der Waals surface area contributed by atoms with Gasteiger partial charge in [0.25, 0.3) is 0 Å². The Morgan fingerprint density at radius 1 is 1.32 bits per heavy atom. The number of hydrogen-bond acceptors (Lipinski definition) is 4. The lowest BCUT2D eigenvalue weighted by atomic mass is 10.1. The fourth-order valence-electron chi connectivity index (χ4n) is 1.48. The second kappa shape index (κ2) is 6.81. The van der Waals surface area contributed by atoms with Crippen LogP contribution in [0.1, 0.15) is 6.92 Å². The molecule has 1 aromatic carbocycles. The van der Waals surface area contributed by atoms with Crippen molar-refractivity contribution in [3.8, 4) is 0 Å². The predicted octanol–water partition coefficient (Wildman–Crippen LogP) is 1.78. The summed E-state index contributed by atoms with van der Waals surface area (Å²) < 4.78 is 37.7. The summed E-state index contributed by atoms with van der Waals surface area (Å²) >= 11 is 3.23. The first-order chi connectivity index (χ1) is 8.84. The second-order valence-corrected chi connectivity index (χ2v) is 6.93. The van der Waals surface area contributed by atoms with Crippen LogP contribution in [0.25, 0.3) is 0 Å². The highest BCUT2D eigenvalue weighted by Gasteiger charge is 2.27. The molecule has 0 saturated carbocycles. The average Bonchev–Trinajstić information content (AvgIpc) is 2.37. The van der Waals surface area contributed by atoms with E-state index >= 15 is 0 Å². The van der Waals surface area contributed by atoms with Crippen molar-refractivity contribution in [3.05, 3.63) is 28.7 Å².